The number of para-hydroxylation sites is 1. The molecule has 1 aromatic carbocycles. The fraction of sp³-hybridized carbons (Fsp3) is 0.550. The van der Waals surface area contributed by atoms with Gasteiger partial charge in [-0.05, 0) is 25.5 Å². The number of fused-ring (bicyclic) bond motifs is 1. The lowest BCUT2D eigenvalue weighted by Crippen LogP contribution is -2.39. The molecule has 0 atom stereocenters. The highest BCUT2D eigenvalue weighted by atomic mass is 16.5. The Morgan fingerprint density at radius 1 is 1.19 bits per heavy atom. The number of hydrogen-bond acceptors (Lipinski definition) is 4. The van der Waals surface area contributed by atoms with Gasteiger partial charge in [0.1, 0.15) is 11.3 Å². The minimum atomic E-state index is 0.801. The Hall–Kier alpha value is -2.05. The summed E-state index contributed by atoms with van der Waals surface area (Å²) >= 11 is 0. The molecule has 3 rings (SSSR count). The van der Waals surface area contributed by atoms with Crippen LogP contribution in [0.5, 0.6) is 0 Å². The Kier molecular flexibility index (Phi) is 7.34. The number of furan rings is 1. The maximum atomic E-state index is 5.86. The van der Waals surface area contributed by atoms with Crippen molar-refractivity contribution in [2.24, 2.45) is 4.99 Å². The van der Waals surface area contributed by atoms with Gasteiger partial charge < -0.3 is 19.8 Å². The molecule has 2 heterocycles. The molecule has 0 amide bonds. The van der Waals surface area contributed by atoms with Crippen LogP contribution in [0.2, 0.25) is 0 Å². The van der Waals surface area contributed by atoms with Gasteiger partial charge in [0, 0.05) is 51.1 Å². The molecule has 0 unspecified atom stereocenters. The Balaban J connectivity index is 1.40. The molecule has 0 saturated carbocycles. The normalized spacial score (nSPS) is 16.1. The van der Waals surface area contributed by atoms with Crippen LogP contribution in [0.25, 0.3) is 11.0 Å². The van der Waals surface area contributed by atoms with Gasteiger partial charge in [0.15, 0.2) is 5.96 Å². The number of morpholine rings is 1. The molecule has 6 nitrogen and oxygen atoms in total. The van der Waals surface area contributed by atoms with Crippen molar-refractivity contribution in [1.29, 1.82) is 0 Å². The van der Waals surface area contributed by atoms with Crippen LogP contribution in [0.1, 0.15) is 19.1 Å². The number of nitrogens with one attached hydrogen (secondary N) is 2. The van der Waals surface area contributed by atoms with Gasteiger partial charge in [-0.2, -0.15) is 0 Å². The number of aliphatic imine (C=N–C) groups is 1. The molecule has 1 aliphatic heterocycles. The van der Waals surface area contributed by atoms with Crippen molar-refractivity contribution >= 4 is 16.9 Å². The number of nitrogens with zero attached hydrogens (tertiary/aromatic N) is 2. The molecule has 142 valence electrons. The van der Waals surface area contributed by atoms with Gasteiger partial charge in [-0.15, -0.1) is 0 Å². The predicted octanol–water partition coefficient (Wildman–Crippen LogP) is 2.25. The number of rotatable bonds is 8. The molecule has 1 fully saturated rings. The van der Waals surface area contributed by atoms with Gasteiger partial charge in [0.2, 0.25) is 0 Å². The van der Waals surface area contributed by atoms with Crippen molar-refractivity contribution in [3.8, 4) is 0 Å². The Morgan fingerprint density at radius 3 is 2.85 bits per heavy atom. The van der Waals surface area contributed by atoms with Crippen molar-refractivity contribution in [2.45, 2.75) is 19.8 Å². The zero-order valence-electron chi connectivity index (χ0n) is 15.7. The van der Waals surface area contributed by atoms with Crippen LogP contribution < -0.4 is 10.6 Å². The second-order valence-electron chi connectivity index (χ2n) is 6.50. The Labute approximate surface area is 155 Å². The van der Waals surface area contributed by atoms with Crippen LogP contribution >= 0.6 is 0 Å². The van der Waals surface area contributed by atoms with Crippen LogP contribution in [-0.4, -0.2) is 63.3 Å². The number of guanidine groups is 1. The van der Waals surface area contributed by atoms with Crippen molar-refractivity contribution in [3.63, 3.8) is 0 Å². The summed E-state index contributed by atoms with van der Waals surface area (Å²) in [5.41, 5.74) is 0.950. The van der Waals surface area contributed by atoms with E-state index in [1.165, 1.54) is 0 Å². The van der Waals surface area contributed by atoms with Crippen LogP contribution in [0.4, 0.5) is 0 Å². The van der Waals surface area contributed by atoms with Gasteiger partial charge in [0.25, 0.3) is 0 Å². The molecule has 26 heavy (non-hydrogen) atoms. The van der Waals surface area contributed by atoms with E-state index in [9.17, 15) is 0 Å². The minimum Gasteiger partial charge on any atom is -0.461 e. The number of ether oxygens (including phenoxy) is 1. The topological polar surface area (TPSA) is 62.0 Å². The van der Waals surface area contributed by atoms with E-state index in [2.05, 4.69) is 39.6 Å². The highest BCUT2D eigenvalue weighted by molar-refractivity contribution is 5.80. The Bertz CT molecular complexity index is 659. The maximum absolute atomic E-state index is 5.86. The summed E-state index contributed by atoms with van der Waals surface area (Å²) in [6, 6.07) is 10.2. The van der Waals surface area contributed by atoms with E-state index >= 15 is 0 Å². The van der Waals surface area contributed by atoms with Gasteiger partial charge in [0.05, 0.1) is 13.2 Å². The summed E-state index contributed by atoms with van der Waals surface area (Å²) in [6.07, 6.45) is 1.91. The fourth-order valence-corrected chi connectivity index (χ4v) is 3.12. The molecule has 6 heteroatoms. The standard InChI is InChI=1S/C20H30N4O2/c1-2-21-20(22-9-5-11-24-12-14-25-15-13-24)23-10-8-18-16-17-6-3-4-7-19(17)26-18/h3-4,6-7,16H,2,5,8-15H2,1H3,(H2,21,22,23). The van der Waals surface area contributed by atoms with Crippen molar-refractivity contribution in [2.75, 3.05) is 52.5 Å². The molecule has 2 N–H and O–H groups in total. The van der Waals surface area contributed by atoms with Crippen molar-refractivity contribution in [1.82, 2.24) is 15.5 Å². The third-order valence-electron chi connectivity index (χ3n) is 4.49. The third-order valence-corrected chi connectivity index (χ3v) is 4.49. The summed E-state index contributed by atoms with van der Waals surface area (Å²) < 4.78 is 11.2. The average Bonchev–Trinajstić information content (AvgIpc) is 3.09. The maximum Gasteiger partial charge on any atom is 0.191 e. The molecule has 1 aliphatic rings. The molecular weight excluding hydrogens is 328 g/mol. The minimum absolute atomic E-state index is 0.801. The van der Waals surface area contributed by atoms with Crippen LogP contribution in [-0.2, 0) is 11.2 Å². The number of hydrogen-bond donors (Lipinski definition) is 2. The summed E-state index contributed by atoms with van der Waals surface area (Å²) in [6.45, 7) is 9.46. The molecule has 0 radical (unpaired) electrons. The van der Waals surface area contributed by atoms with Crippen LogP contribution in [0.15, 0.2) is 39.7 Å². The monoisotopic (exact) mass is 358 g/mol. The third kappa shape index (κ3) is 5.75. The van der Waals surface area contributed by atoms with E-state index < -0.39 is 0 Å². The van der Waals surface area contributed by atoms with E-state index in [0.717, 1.165) is 88.0 Å². The van der Waals surface area contributed by atoms with Gasteiger partial charge in [-0.1, -0.05) is 18.2 Å². The van der Waals surface area contributed by atoms with E-state index in [1.807, 2.05) is 18.2 Å². The van der Waals surface area contributed by atoms with Gasteiger partial charge in [-0.25, -0.2) is 0 Å². The lowest BCUT2D eigenvalue weighted by molar-refractivity contribution is 0.0377. The molecule has 1 saturated heterocycles. The summed E-state index contributed by atoms with van der Waals surface area (Å²) in [5.74, 6) is 1.88. The smallest absolute Gasteiger partial charge is 0.191 e. The van der Waals surface area contributed by atoms with E-state index in [1.54, 1.807) is 0 Å². The highest BCUT2D eigenvalue weighted by Gasteiger charge is 2.09. The van der Waals surface area contributed by atoms with Gasteiger partial charge >= 0.3 is 0 Å². The fourth-order valence-electron chi connectivity index (χ4n) is 3.12. The largest absolute Gasteiger partial charge is 0.461 e. The summed E-state index contributed by atoms with van der Waals surface area (Å²) in [4.78, 5) is 7.12. The molecule has 2 aromatic rings. The zero-order chi connectivity index (χ0) is 18.0. The SMILES string of the molecule is CCNC(=NCCCN1CCOCC1)NCCc1cc2ccccc2o1. The summed E-state index contributed by atoms with van der Waals surface area (Å²) in [5, 5.41) is 7.86. The van der Waals surface area contributed by atoms with E-state index in [-0.39, 0.29) is 0 Å². The molecule has 0 aliphatic carbocycles. The average molecular weight is 358 g/mol. The first-order valence-electron chi connectivity index (χ1n) is 9.65. The van der Waals surface area contributed by atoms with E-state index in [4.69, 9.17) is 9.15 Å². The van der Waals surface area contributed by atoms with Crippen LogP contribution in [0, 0.1) is 0 Å². The first-order valence-corrected chi connectivity index (χ1v) is 9.65. The second kappa shape index (κ2) is 10.2. The predicted molar refractivity (Wildman–Crippen MR) is 106 cm³/mol. The Morgan fingerprint density at radius 2 is 2.04 bits per heavy atom. The van der Waals surface area contributed by atoms with Crippen molar-refractivity contribution in [3.05, 3.63) is 36.1 Å². The summed E-state index contributed by atoms with van der Waals surface area (Å²) in [7, 11) is 0. The van der Waals surface area contributed by atoms with E-state index in [0.29, 0.717) is 0 Å². The molecule has 1 aromatic heterocycles. The highest BCUT2D eigenvalue weighted by Crippen LogP contribution is 2.18. The quantitative estimate of drug-likeness (QED) is 0.431. The first kappa shape index (κ1) is 18.7. The molecular formula is C20H30N4O2. The second-order valence-corrected chi connectivity index (χ2v) is 6.50. The lowest BCUT2D eigenvalue weighted by Gasteiger charge is -2.26. The molecule has 0 bridgehead atoms. The van der Waals surface area contributed by atoms with Gasteiger partial charge in [-0.3, -0.25) is 9.89 Å². The first-order chi connectivity index (χ1) is 12.8. The lowest BCUT2D eigenvalue weighted by atomic mass is 10.2. The van der Waals surface area contributed by atoms with Crippen molar-refractivity contribution < 1.29 is 9.15 Å². The number of benzene rings is 1. The van der Waals surface area contributed by atoms with Crippen LogP contribution in [0.3, 0.4) is 0 Å². The molecule has 0 spiro atoms. The zero-order valence-corrected chi connectivity index (χ0v) is 15.7.